The van der Waals surface area contributed by atoms with Gasteiger partial charge in [0.05, 0.1) is 16.6 Å². The lowest BCUT2D eigenvalue weighted by Crippen LogP contribution is -2.29. The number of nitrogens with zero attached hydrogens (tertiary/aromatic N) is 2. The molecule has 0 amide bonds. The van der Waals surface area contributed by atoms with Crippen LogP contribution in [0.2, 0.25) is 0 Å². The van der Waals surface area contributed by atoms with E-state index in [0.717, 1.165) is 36.9 Å². The third-order valence-electron chi connectivity index (χ3n) is 5.99. The molecule has 2 heterocycles. The third kappa shape index (κ3) is 5.06. The number of aromatic nitrogens is 2. The fourth-order valence-electron chi connectivity index (χ4n) is 4.43. The molecule has 1 aliphatic heterocycles. The van der Waals surface area contributed by atoms with Gasteiger partial charge in [-0.25, -0.2) is 18.1 Å². The zero-order valence-corrected chi connectivity index (χ0v) is 20.0. The minimum Gasteiger partial charge on any atom is -0.475 e. The zero-order valence-electron chi connectivity index (χ0n) is 19.2. The highest BCUT2D eigenvalue weighted by Crippen LogP contribution is 2.42. The Bertz CT molecular complexity index is 1130. The molecule has 1 aliphatic carbocycles. The number of anilines is 2. The quantitative estimate of drug-likeness (QED) is 0.668. The van der Waals surface area contributed by atoms with Gasteiger partial charge in [-0.2, -0.15) is 4.98 Å². The van der Waals surface area contributed by atoms with Crippen molar-refractivity contribution in [3.05, 3.63) is 42.1 Å². The number of benzene rings is 1. The smallest absolute Gasteiger partial charge is 0.264 e. The first-order chi connectivity index (χ1) is 15.1. The van der Waals surface area contributed by atoms with Crippen molar-refractivity contribution in [1.82, 2.24) is 9.97 Å². The van der Waals surface area contributed by atoms with Gasteiger partial charge in [0.1, 0.15) is 6.61 Å². The van der Waals surface area contributed by atoms with Gasteiger partial charge >= 0.3 is 0 Å². The Labute approximate surface area is 190 Å². The lowest BCUT2D eigenvalue weighted by Gasteiger charge is -2.31. The second kappa shape index (κ2) is 8.73. The molecule has 4 bridgehead atoms. The highest BCUT2D eigenvalue weighted by atomic mass is 32.2. The maximum atomic E-state index is 13.1. The Morgan fingerprint density at radius 3 is 2.78 bits per heavy atom. The molecule has 7 nitrogen and oxygen atoms in total. The van der Waals surface area contributed by atoms with E-state index in [9.17, 15) is 8.42 Å². The van der Waals surface area contributed by atoms with Crippen molar-refractivity contribution in [2.24, 2.45) is 11.3 Å². The summed E-state index contributed by atoms with van der Waals surface area (Å²) in [6.07, 6.45) is 6.23. The molecule has 2 N–H and O–H groups in total. The van der Waals surface area contributed by atoms with Gasteiger partial charge in [-0.05, 0) is 60.8 Å². The number of allylic oxidation sites excluding steroid dienone is 2. The number of hydrogen-bond donors (Lipinski definition) is 2. The van der Waals surface area contributed by atoms with Crippen molar-refractivity contribution in [3.8, 4) is 5.88 Å². The van der Waals surface area contributed by atoms with Crippen LogP contribution in [0.3, 0.4) is 0 Å². The van der Waals surface area contributed by atoms with E-state index in [4.69, 9.17) is 4.74 Å². The largest absolute Gasteiger partial charge is 0.475 e. The van der Waals surface area contributed by atoms with E-state index in [0.29, 0.717) is 24.1 Å². The lowest BCUT2D eigenvalue weighted by molar-refractivity contribution is 0.271. The van der Waals surface area contributed by atoms with E-state index in [2.05, 4.69) is 53.8 Å². The summed E-state index contributed by atoms with van der Waals surface area (Å²) in [7, 11) is -3.85. The summed E-state index contributed by atoms with van der Waals surface area (Å²) >= 11 is 0. The maximum Gasteiger partial charge on any atom is 0.264 e. The fraction of sp³-hybridized carbons (Fsp3) is 0.500. The minimum absolute atomic E-state index is 0.00698. The normalized spacial score (nSPS) is 21.8. The fourth-order valence-corrected chi connectivity index (χ4v) is 5.42. The molecule has 1 aromatic carbocycles. The first-order valence-electron chi connectivity index (χ1n) is 11.2. The van der Waals surface area contributed by atoms with Crippen LogP contribution >= 0.6 is 0 Å². The standard InChI is InChI=1S/C24H32N4O3S/c1-16(2)12-18-15-31-22-14-21(20-10-5-6-11-24(20,3)4)26-23(27-22)28-32(29,30)19-9-7-8-17(13-19)25-18/h7-10,13-14,16,18,25H,5-6,11-12,15H2,1-4H3,(H,26,27,28)/t18-/m1/s1. The average Bonchev–Trinajstić information content (AvgIpc) is 2.70. The van der Waals surface area contributed by atoms with E-state index < -0.39 is 10.0 Å². The molecule has 32 heavy (non-hydrogen) atoms. The first-order valence-corrected chi connectivity index (χ1v) is 12.7. The Morgan fingerprint density at radius 1 is 1.22 bits per heavy atom. The second-order valence-electron chi connectivity index (χ2n) is 9.72. The molecule has 172 valence electrons. The van der Waals surface area contributed by atoms with Crippen LogP contribution in [0.1, 0.15) is 59.1 Å². The summed E-state index contributed by atoms with van der Waals surface area (Å²) in [5.74, 6) is 0.844. The van der Waals surface area contributed by atoms with Crippen LogP contribution in [0.5, 0.6) is 5.88 Å². The molecule has 0 saturated carbocycles. The van der Waals surface area contributed by atoms with Gasteiger partial charge in [0.15, 0.2) is 0 Å². The van der Waals surface area contributed by atoms with Gasteiger partial charge in [0.2, 0.25) is 11.8 Å². The zero-order chi connectivity index (χ0) is 22.9. The van der Waals surface area contributed by atoms with Gasteiger partial charge in [-0.3, -0.25) is 0 Å². The molecular weight excluding hydrogens is 424 g/mol. The highest BCUT2D eigenvalue weighted by Gasteiger charge is 2.29. The van der Waals surface area contributed by atoms with Gasteiger partial charge in [-0.15, -0.1) is 0 Å². The Kier molecular flexibility index (Phi) is 6.16. The summed E-state index contributed by atoms with van der Waals surface area (Å²) in [6, 6.07) is 8.64. The summed E-state index contributed by atoms with van der Waals surface area (Å²) in [6.45, 7) is 9.10. The lowest BCUT2D eigenvalue weighted by atomic mass is 9.74. The molecule has 1 aromatic heterocycles. The van der Waals surface area contributed by atoms with Crippen molar-refractivity contribution in [1.29, 1.82) is 0 Å². The van der Waals surface area contributed by atoms with E-state index in [1.807, 2.05) is 12.1 Å². The molecule has 2 aromatic rings. The number of ether oxygens (including phenoxy) is 1. The Hall–Kier alpha value is -2.61. The summed E-state index contributed by atoms with van der Waals surface area (Å²) in [4.78, 5) is 9.13. The number of sulfonamides is 1. The average molecular weight is 457 g/mol. The SMILES string of the molecule is CC(C)C[C@@H]1COc2cc(C3=CCCCC3(C)C)nc(n2)NS(=O)(=O)c2cccc(c2)N1. The Balaban J connectivity index is 1.80. The molecule has 0 fully saturated rings. The van der Waals surface area contributed by atoms with Crippen LogP contribution in [-0.2, 0) is 10.0 Å². The molecule has 8 heteroatoms. The van der Waals surface area contributed by atoms with Gasteiger partial charge in [-0.1, -0.05) is 39.8 Å². The van der Waals surface area contributed by atoms with Crippen LogP contribution in [-0.4, -0.2) is 31.0 Å². The predicted octanol–water partition coefficient (Wildman–Crippen LogP) is 5.09. The van der Waals surface area contributed by atoms with Crippen molar-refractivity contribution in [3.63, 3.8) is 0 Å². The molecule has 4 rings (SSSR count). The van der Waals surface area contributed by atoms with Crippen molar-refractivity contribution in [2.45, 2.75) is 64.3 Å². The maximum absolute atomic E-state index is 13.1. The molecular formula is C24H32N4O3S. The summed E-state index contributed by atoms with van der Waals surface area (Å²) in [5, 5.41) is 3.43. The van der Waals surface area contributed by atoms with Crippen molar-refractivity contribution in [2.75, 3.05) is 16.6 Å². The first kappa shape index (κ1) is 22.6. The van der Waals surface area contributed by atoms with Gasteiger partial charge in [0, 0.05) is 11.8 Å². The van der Waals surface area contributed by atoms with Crippen LogP contribution < -0.4 is 14.8 Å². The predicted molar refractivity (Wildman–Crippen MR) is 127 cm³/mol. The molecule has 2 aliphatic rings. The van der Waals surface area contributed by atoms with Crippen LogP contribution in [0, 0.1) is 11.3 Å². The van der Waals surface area contributed by atoms with E-state index in [1.165, 1.54) is 0 Å². The van der Waals surface area contributed by atoms with E-state index in [1.54, 1.807) is 18.2 Å². The van der Waals surface area contributed by atoms with Crippen molar-refractivity contribution < 1.29 is 13.2 Å². The topological polar surface area (TPSA) is 93.2 Å². The summed E-state index contributed by atoms with van der Waals surface area (Å²) in [5.41, 5.74) is 2.49. The summed E-state index contributed by atoms with van der Waals surface area (Å²) < 4.78 is 34.8. The number of fused-ring (bicyclic) bond motifs is 4. The molecule has 1 atom stereocenters. The monoisotopic (exact) mass is 456 g/mol. The van der Waals surface area contributed by atoms with Crippen LogP contribution in [0.4, 0.5) is 11.6 Å². The minimum atomic E-state index is -3.85. The molecule has 0 radical (unpaired) electrons. The van der Waals surface area contributed by atoms with Gasteiger partial charge in [0.25, 0.3) is 10.0 Å². The van der Waals surface area contributed by atoms with Crippen LogP contribution in [0.15, 0.2) is 41.3 Å². The number of hydrogen-bond acceptors (Lipinski definition) is 6. The Morgan fingerprint density at radius 2 is 2.03 bits per heavy atom. The second-order valence-corrected chi connectivity index (χ2v) is 11.4. The van der Waals surface area contributed by atoms with Gasteiger partial charge < -0.3 is 10.1 Å². The number of rotatable bonds is 3. The highest BCUT2D eigenvalue weighted by molar-refractivity contribution is 7.92. The van der Waals surface area contributed by atoms with E-state index in [-0.39, 0.29) is 22.3 Å². The van der Waals surface area contributed by atoms with Crippen LogP contribution in [0.25, 0.3) is 5.57 Å². The van der Waals surface area contributed by atoms with E-state index >= 15 is 0 Å². The third-order valence-corrected chi connectivity index (χ3v) is 7.32. The molecule has 0 spiro atoms. The molecule has 0 saturated heterocycles. The van der Waals surface area contributed by atoms with Crippen molar-refractivity contribution >= 4 is 27.2 Å². The number of nitrogens with one attached hydrogen (secondary N) is 2. The molecule has 0 unspecified atom stereocenters.